The molecule has 2 aliphatic carbocycles. The second-order valence-electron chi connectivity index (χ2n) is 9.06. The fourth-order valence-corrected chi connectivity index (χ4v) is 4.73. The van der Waals surface area contributed by atoms with Gasteiger partial charge in [0.05, 0.1) is 6.07 Å². The number of nitriles is 1. The molecule has 0 radical (unpaired) electrons. The average molecular weight is 405 g/mol. The number of hydrogen-bond donors (Lipinski definition) is 2. The van der Waals surface area contributed by atoms with Crippen LogP contribution in [0.3, 0.4) is 0 Å². The normalized spacial score (nSPS) is 29.7. The highest BCUT2D eigenvalue weighted by molar-refractivity contribution is 5.83. The summed E-state index contributed by atoms with van der Waals surface area (Å²) >= 11 is 0. The van der Waals surface area contributed by atoms with Crippen molar-refractivity contribution >= 4 is 18.2 Å². The van der Waals surface area contributed by atoms with Crippen LogP contribution in [0, 0.1) is 34.5 Å². The number of carbonyl (C=O) groups excluding carboxylic acids is 3. The first-order chi connectivity index (χ1) is 13.8. The van der Waals surface area contributed by atoms with E-state index in [1.807, 2.05) is 31.7 Å². The Morgan fingerprint density at radius 2 is 1.93 bits per heavy atom. The van der Waals surface area contributed by atoms with Crippen molar-refractivity contribution < 1.29 is 14.4 Å². The Labute approximate surface area is 174 Å². The largest absolute Gasteiger partial charge is 0.350 e. The predicted octanol–water partition coefficient (Wildman–Crippen LogP) is 2.22. The van der Waals surface area contributed by atoms with E-state index in [0.29, 0.717) is 30.6 Å². The fourth-order valence-electron chi connectivity index (χ4n) is 4.73. The second-order valence-corrected chi connectivity index (χ2v) is 9.06. The van der Waals surface area contributed by atoms with Crippen LogP contribution >= 0.6 is 0 Å². The van der Waals surface area contributed by atoms with Crippen molar-refractivity contribution in [3.63, 3.8) is 0 Å². The van der Waals surface area contributed by atoms with Crippen LogP contribution < -0.4 is 10.6 Å². The van der Waals surface area contributed by atoms with Gasteiger partial charge in [0.25, 0.3) is 0 Å². The second kappa shape index (κ2) is 9.15. The molecule has 4 atom stereocenters. The standard InChI is InChI=1S/C10H13N3O2.C10H17NO.C2H6/c11-5-8(12-6-14)3-7-4-10(1-2-10)13-9(7)15;1-4-9(12)11-5-7-8(6-11)10(7,2)3;1-2/h6-8H,1-4H2,(H,12,14)(H,13,15);7-8H,4-6H2,1-3H3;1-2H3. The maximum Gasteiger partial charge on any atom is 0.223 e. The Morgan fingerprint density at radius 3 is 2.34 bits per heavy atom. The Morgan fingerprint density at radius 1 is 1.34 bits per heavy atom. The van der Waals surface area contributed by atoms with Crippen molar-refractivity contribution in [2.75, 3.05) is 13.1 Å². The van der Waals surface area contributed by atoms with Crippen LogP contribution in [0.4, 0.5) is 0 Å². The van der Waals surface area contributed by atoms with Crippen LogP contribution in [0.15, 0.2) is 0 Å². The lowest BCUT2D eigenvalue weighted by Gasteiger charge is -2.21. The van der Waals surface area contributed by atoms with Gasteiger partial charge in [-0.15, -0.1) is 0 Å². The number of fused-ring (bicyclic) bond motifs is 1. The molecule has 162 valence electrons. The zero-order chi connectivity index (χ0) is 21.8. The van der Waals surface area contributed by atoms with Gasteiger partial charge in [-0.25, -0.2) is 0 Å². The lowest BCUT2D eigenvalue weighted by atomic mass is 9.96. The molecule has 0 aromatic heterocycles. The topological polar surface area (TPSA) is 102 Å². The molecule has 0 bridgehead atoms. The van der Waals surface area contributed by atoms with E-state index in [9.17, 15) is 14.4 Å². The molecule has 4 aliphatic rings. The highest BCUT2D eigenvalue weighted by Gasteiger charge is 2.62. The maximum absolute atomic E-state index is 11.5. The van der Waals surface area contributed by atoms with E-state index in [4.69, 9.17) is 5.26 Å². The first-order valence-electron chi connectivity index (χ1n) is 11.0. The smallest absolute Gasteiger partial charge is 0.223 e. The minimum Gasteiger partial charge on any atom is -0.350 e. The number of carbonyl (C=O) groups is 3. The van der Waals surface area contributed by atoms with Gasteiger partial charge in [0, 0.05) is 31.0 Å². The SMILES string of the molecule is CC.CCC(=O)N1CC2C(C1)C2(C)C.N#CC(CC1CC2(CC2)NC1=O)NC=O. The van der Waals surface area contributed by atoms with Crippen molar-refractivity contribution in [2.24, 2.45) is 23.2 Å². The van der Waals surface area contributed by atoms with Crippen molar-refractivity contribution in [3.8, 4) is 6.07 Å². The van der Waals surface area contributed by atoms with Crippen LogP contribution in [-0.2, 0) is 14.4 Å². The van der Waals surface area contributed by atoms with E-state index in [0.717, 1.165) is 44.2 Å². The molecule has 2 N–H and O–H groups in total. The van der Waals surface area contributed by atoms with E-state index in [1.54, 1.807) is 0 Å². The molecule has 7 nitrogen and oxygen atoms in total. The molecule has 2 saturated heterocycles. The summed E-state index contributed by atoms with van der Waals surface area (Å²) in [6.45, 7) is 12.6. The predicted molar refractivity (Wildman–Crippen MR) is 110 cm³/mol. The van der Waals surface area contributed by atoms with Gasteiger partial charge in [0.2, 0.25) is 18.2 Å². The molecule has 3 amide bonds. The minimum atomic E-state index is -0.549. The molecule has 1 spiro atoms. The van der Waals surface area contributed by atoms with Crippen LogP contribution in [0.5, 0.6) is 0 Å². The lowest BCUT2D eigenvalue weighted by Crippen LogP contribution is -2.32. The average Bonchev–Trinajstić information content (AvgIpc) is 3.40. The summed E-state index contributed by atoms with van der Waals surface area (Å²) in [4.78, 5) is 35.1. The summed E-state index contributed by atoms with van der Waals surface area (Å²) in [5.74, 6) is 1.84. The van der Waals surface area contributed by atoms with Gasteiger partial charge >= 0.3 is 0 Å². The zero-order valence-corrected chi connectivity index (χ0v) is 18.5. The molecule has 4 rings (SSSR count). The van der Waals surface area contributed by atoms with Gasteiger partial charge in [0.15, 0.2) is 0 Å². The molecule has 2 heterocycles. The van der Waals surface area contributed by atoms with E-state index < -0.39 is 6.04 Å². The minimum absolute atomic E-state index is 0.0282. The molecule has 7 heteroatoms. The van der Waals surface area contributed by atoms with Crippen molar-refractivity contribution in [1.29, 1.82) is 5.26 Å². The number of amides is 3. The van der Waals surface area contributed by atoms with Crippen molar-refractivity contribution in [3.05, 3.63) is 0 Å². The summed E-state index contributed by atoms with van der Waals surface area (Å²) in [5, 5.41) is 14.1. The quantitative estimate of drug-likeness (QED) is 0.686. The fraction of sp³-hybridized carbons (Fsp3) is 0.818. The zero-order valence-electron chi connectivity index (χ0n) is 18.5. The molecule has 0 aromatic rings. The highest BCUT2D eigenvalue weighted by Crippen LogP contribution is 2.61. The summed E-state index contributed by atoms with van der Waals surface area (Å²) < 4.78 is 0. The Bertz CT molecular complexity index is 651. The van der Waals surface area contributed by atoms with Crippen LogP contribution in [-0.4, -0.2) is 47.8 Å². The van der Waals surface area contributed by atoms with E-state index in [2.05, 4.69) is 24.5 Å². The molecular weight excluding hydrogens is 368 g/mol. The Balaban J connectivity index is 0.000000194. The summed E-state index contributed by atoms with van der Waals surface area (Å²) in [6.07, 6.45) is 4.50. The number of nitrogens with zero attached hydrogens (tertiary/aromatic N) is 2. The molecule has 2 saturated carbocycles. The molecular formula is C22H36N4O3. The first kappa shape index (κ1) is 23.2. The van der Waals surface area contributed by atoms with Gasteiger partial charge in [-0.05, 0) is 42.9 Å². The van der Waals surface area contributed by atoms with Crippen LogP contribution in [0.2, 0.25) is 0 Å². The molecule has 0 aromatic carbocycles. The van der Waals surface area contributed by atoms with Crippen molar-refractivity contribution in [1.82, 2.24) is 15.5 Å². The summed E-state index contributed by atoms with van der Waals surface area (Å²) in [6, 6.07) is 1.43. The summed E-state index contributed by atoms with van der Waals surface area (Å²) in [5.41, 5.74) is 0.577. The first-order valence-corrected chi connectivity index (χ1v) is 11.0. The van der Waals surface area contributed by atoms with Crippen molar-refractivity contribution in [2.45, 2.75) is 78.3 Å². The molecule has 29 heavy (non-hydrogen) atoms. The number of rotatable bonds is 5. The van der Waals surface area contributed by atoms with Gasteiger partial charge in [-0.3, -0.25) is 14.4 Å². The Hall–Kier alpha value is -2.10. The maximum atomic E-state index is 11.5. The van der Waals surface area contributed by atoms with Gasteiger partial charge in [-0.2, -0.15) is 5.26 Å². The number of nitrogens with one attached hydrogen (secondary N) is 2. The van der Waals surface area contributed by atoms with Crippen LogP contribution in [0.25, 0.3) is 0 Å². The number of hydrogen-bond acceptors (Lipinski definition) is 4. The molecule has 4 fully saturated rings. The van der Waals surface area contributed by atoms with Gasteiger partial charge in [-0.1, -0.05) is 34.6 Å². The van der Waals surface area contributed by atoms with Gasteiger partial charge < -0.3 is 15.5 Å². The third-order valence-electron chi connectivity index (χ3n) is 6.97. The monoisotopic (exact) mass is 404 g/mol. The molecule has 4 unspecified atom stereocenters. The van der Waals surface area contributed by atoms with Crippen LogP contribution in [0.1, 0.15) is 66.7 Å². The molecule has 2 aliphatic heterocycles. The van der Waals surface area contributed by atoms with E-state index >= 15 is 0 Å². The highest BCUT2D eigenvalue weighted by atomic mass is 16.2. The number of piperidine rings is 1. The third-order valence-corrected chi connectivity index (χ3v) is 6.97. The van der Waals surface area contributed by atoms with E-state index in [-0.39, 0.29) is 17.4 Å². The number of likely N-dealkylation sites (tertiary alicyclic amines) is 1. The van der Waals surface area contributed by atoms with Gasteiger partial charge in [0.1, 0.15) is 6.04 Å². The van der Waals surface area contributed by atoms with E-state index in [1.165, 1.54) is 0 Å². The summed E-state index contributed by atoms with van der Waals surface area (Å²) in [7, 11) is 0. The third kappa shape index (κ3) is 5.09. The Kier molecular flexibility index (Phi) is 7.31. The lowest BCUT2D eigenvalue weighted by molar-refractivity contribution is -0.130.